The lowest BCUT2D eigenvalue weighted by atomic mass is 10.1. The van der Waals surface area contributed by atoms with Gasteiger partial charge in [-0.1, -0.05) is 17.7 Å². The van der Waals surface area contributed by atoms with E-state index >= 15 is 0 Å². The molecule has 2 aliphatic rings. The number of carbonyl (C=O) groups excluding carboxylic acids is 1. The zero-order chi connectivity index (χ0) is 19.5. The molecule has 148 valence electrons. The molecule has 28 heavy (non-hydrogen) atoms. The Kier molecular flexibility index (Phi) is 5.71. The molecule has 0 bridgehead atoms. The maximum atomic E-state index is 11.4. The number of nitrogens with zero attached hydrogens (tertiary/aromatic N) is 2. The second kappa shape index (κ2) is 8.39. The molecule has 0 radical (unpaired) electrons. The van der Waals surface area contributed by atoms with Crippen LogP contribution in [0.15, 0.2) is 42.5 Å². The van der Waals surface area contributed by atoms with E-state index in [1.54, 1.807) is 0 Å². The highest BCUT2D eigenvalue weighted by Gasteiger charge is 2.21. The monoisotopic (exact) mass is 401 g/mol. The number of hydrogen-bond donors (Lipinski definition) is 2. The molecule has 2 N–H and O–H groups in total. The van der Waals surface area contributed by atoms with E-state index in [4.69, 9.17) is 16.3 Å². The Bertz CT molecular complexity index is 853. The number of nitrogens with one attached hydrogen (secondary N) is 1. The van der Waals surface area contributed by atoms with Gasteiger partial charge < -0.3 is 20.1 Å². The molecule has 0 saturated carbocycles. The van der Waals surface area contributed by atoms with Crippen LogP contribution in [0.5, 0.6) is 5.75 Å². The third-order valence-corrected chi connectivity index (χ3v) is 5.39. The number of fused-ring (bicyclic) bond motifs is 1. The molecule has 1 atom stereocenters. The molecular weight excluding hydrogens is 378 g/mol. The number of benzene rings is 2. The number of anilines is 2. The predicted octanol–water partition coefficient (Wildman–Crippen LogP) is 2.40. The quantitative estimate of drug-likeness (QED) is 0.778. The van der Waals surface area contributed by atoms with E-state index in [9.17, 15) is 9.90 Å². The molecule has 4 rings (SSSR count). The summed E-state index contributed by atoms with van der Waals surface area (Å²) in [6, 6.07) is 13.4. The molecule has 7 heteroatoms. The summed E-state index contributed by atoms with van der Waals surface area (Å²) in [5.41, 5.74) is 2.92. The number of rotatable bonds is 6. The molecule has 2 aromatic rings. The molecule has 6 nitrogen and oxygen atoms in total. The fourth-order valence-electron chi connectivity index (χ4n) is 3.70. The van der Waals surface area contributed by atoms with E-state index in [1.165, 1.54) is 0 Å². The van der Waals surface area contributed by atoms with E-state index < -0.39 is 6.10 Å². The van der Waals surface area contributed by atoms with Crippen molar-refractivity contribution >= 4 is 28.9 Å². The molecule has 1 saturated heterocycles. The Morgan fingerprint density at radius 2 is 1.96 bits per heavy atom. The lowest BCUT2D eigenvalue weighted by Gasteiger charge is -2.36. The van der Waals surface area contributed by atoms with E-state index in [0.29, 0.717) is 18.7 Å². The van der Waals surface area contributed by atoms with Gasteiger partial charge in [-0.15, -0.1) is 0 Å². The number of β-amino-alcohol motifs (C(OH)–C–C–N with tert-alkyl or cyclic N) is 1. The van der Waals surface area contributed by atoms with Crippen LogP contribution in [0.3, 0.4) is 0 Å². The summed E-state index contributed by atoms with van der Waals surface area (Å²) in [5.74, 6) is 0.684. The molecule has 0 spiro atoms. The molecule has 2 aromatic carbocycles. The summed E-state index contributed by atoms with van der Waals surface area (Å²) in [7, 11) is 0. The van der Waals surface area contributed by atoms with Crippen LogP contribution < -0.4 is 15.0 Å². The minimum absolute atomic E-state index is 0.00380. The first-order valence-corrected chi connectivity index (χ1v) is 9.91. The fourth-order valence-corrected chi connectivity index (χ4v) is 3.88. The van der Waals surface area contributed by atoms with Gasteiger partial charge in [-0.3, -0.25) is 9.69 Å². The number of carbonyl (C=O) groups is 1. The number of halogens is 1. The van der Waals surface area contributed by atoms with Gasteiger partial charge in [-0.05, 0) is 42.0 Å². The summed E-state index contributed by atoms with van der Waals surface area (Å²) in [4.78, 5) is 16.0. The van der Waals surface area contributed by atoms with Crippen molar-refractivity contribution in [1.29, 1.82) is 0 Å². The number of aliphatic hydroxyl groups excluding tert-OH is 1. The van der Waals surface area contributed by atoms with Crippen LogP contribution in [-0.2, 0) is 11.2 Å². The molecule has 2 heterocycles. The fraction of sp³-hybridized carbons (Fsp3) is 0.381. The van der Waals surface area contributed by atoms with Gasteiger partial charge in [-0.2, -0.15) is 0 Å². The van der Waals surface area contributed by atoms with Crippen LogP contribution in [0.1, 0.15) is 5.56 Å². The zero-order valence-corrected chi connectivity index (χ0v) is 16.4. The van der Waals surface area contributed by atoms with Crippen molar-refractivity contribution in [1.82, 2.24) is 4.90 Å². The van der Waals surface area contributed by atoms with Crippen molar-refractivity contribution in [3.8, 4) is 5.75 Å². The maximum Gasteiger partial charge on any atom is 0.228 e. The van der Waals surface area contributed by atoms with Crippen molar-refractivity contribution in [2.75, 3.05) is 49.5 Å². The normalized spacial score (nSPS) is 17.9. The van der Waals surface area contributed by atoms with Crippen LogP contribution in [-0.4, -0.2) is 61.3 Å². The van der Waals surface area contributed by atoms with E-state index in [2.05, 4.69) is 21.2 Å². The standard InChI is InChI=1S/C21H24ClN3O3/c22-16-2-1-3-17(12-16)25-8-6-24(7-9-25)13-18(26)14-28-19-4-5-20-15(10-19)11-21(27)23-20/h1-5,10,12,18,26H,6-9,11,13-14H2,(H,23,27)/t18-/m0/s1. The van der Waals surface area contributed by atoms with Crippen LogP contribution in [0.4, 0.5) is 11.4 Å². The Morgan fingerprint density at radius 3 is 2.75 bits per heavy atom. The van der Waals surface area contributed by atoms with Gasteiger partial charge in [0.05, 0.1) is 6.42 Å². The molecule has 1 amide bonds. The molecule has 1 fully saturated rings. The van der Waals surface area contributed by atoms with Crippen molar-refractivity contribution < 1.29 is 14.6 Å². The summed E-state index contributed by atoms with van der Waals surface area (Å²) >= 11 is 6.08. The van der Waals surface area contributed by atoms with Crippen molar-refractivity contribution in [2.45, 2.75) is 12.5 Å². The van der Waals surface area contributed by atoms with Crippen LogP contribution in [0, 0.1) is 0 Å². The highest BCUT2D eigenvalue weighted by Crippen LogP contribution is 2.27. The minimum atomic E-state index is -0.564. The highest BCUT2D eigenvalue weighted by atomic mass is 35.5. The Morgan fingerprint density at radius 1 is 1.14 bits per heavy atom. The molecule has 2 aliphatic heterocycles. The van der Waals surface area contributed by atoms with Gasteiger partial charge in [0.2, 0.25) is 5.91 Å². The van der Waals surface area contributed by atoms with Gasteiger partial charge in [-0.25, -0.2) is 0 Å². The SMILES string of the molecule is O=C1Cc2cc(OC[C@@H](O)CN3CCN(c4cccc(Cl)c4)CC3)ccc2N1. The van der Waals surface area contributed by atoms with Gasteiger partial charge in [0.15, 0.2) is 0 Å². The largest absolute Gasteiger partial charge is 0.491 e. The second-order valence-electron chi connectivity index (χ2n) is 7.28. The number of aliphatic hydroxyl groups is 1. The Balaban J connectivity index is 1.22. The first-order valence-electron chi connectivity index (χ1n) is 9.53. The number of piperazine rings is 1. The summed E-state index contributed by atoms with van der Waals surface area (Å²) in [6.45, 7) is 4.38. The van der Waals surface area contributed by atoms with Gasteiger partial charge in [0.1, 0.15) is 18.5 Å². The summed E-state index contributed by atoms with van der Waals surface area (Å²) in [5, 5.41) is 13.9. The van der Waals surface area contributed by atoms with Crippen LogP contribution >= 0.6 is 11.6 Å². The number of amides is 1. The second-order valence-corrected chi connectivity index (χ2v) is 7.71. The van der Waals surface area contributed by atoms with Crippen LogP contribution in [0.25, 0.3) is 0 Å². The Labute approximate surface area is 169 Å². The van der Waals surface area contributed by atoms with E-state index in [-0.39, 0.29) is 12.5 Å². The average molecular weight is 402 g/mol. The summed E-state index contributed by atoms with van der Waals surface area (Å²) < 4.78 is 5.73. The van der Waals surface area contributed by atoms with Crippen molar-refractivity contribution in [3.05, 3.63) is 53.1 Å². The minimum Gasteiger partial charge on any atom is -0.491 e. The van der Waals surface area contributed by atoms with Gasteiger partial charge >= 0.3 is 0 Å². The lowest BCUT2D eigenvalue weighted by Crippen LogP contribution is -2.49. The van der Waals surface area contributed by atoms with Gasteiger partial charge in [0.25, 0.3) is 0 Å². The molecular formula is C21H24ClN3O3. The van der Waals surface area contributed by atoms with Crippen molar-refractivity contribution in [3.63, 3.8) is 0 Å². The predicted molar refractivity (Wildman–Crippen MR) is 110 cm³/mol. The summed E-state index contributed by atoms with van der Waals surface area (Å²) in [6.07, 6.45) is -0.183. The van der Waals surface area contributed by atoms with Gasteiger partial charge in [0, 0.05) is 49.1 Å². The molecule has 0 aromatic heterocycles. The lowest BCUT2D eigenvalue weighted by molar-refractivity contribution is -0.115. The maximum absolute atomic E-state index is 11.4. The van der Waals surface area contributed by atoms with Crippen LogP contribution in [0.2, 0.25) is 5.02 Å². The molecule has 0 aliphatic carbocycles. The van der Waals surface area contributed by atoms with Crippen molar-refractivity contribution in [2.24, 2.45) is 0 Å². The zero-order valence-electron chi connectivity index (χ0n) is 15.6. The topological polar surface area (TPSA) is 65.0 Å². The van der Waals surface area contributed by atoms with E-state index in [1.807, 2.05) is 36.4 Å². The first kappa shape index (κ1) is 19.1. The Hall–Kier alpha value is -2.28. The number of ether oxygens (including phenoxy) is 1. The number of hydrogen-bond acceptors (Lipinski definition) is 5. The first-order chi connectivity index (χ1) is 13.6. The molecule has 0 unspecified atom stereocenters. The third kappa shape index (κ3) is 4.58. The van der Waals surface area contributed by atoms with E-state index in [0.717, 1.165) is 48.1 Å². The highest BCUT2D eigenvalue weighted by molar-refractivity contribution is 6.30. The average Bonchev–Trinajstić information content (AvgIpc) is 3.06. The smallest absolute Gasteiger partial charge is 0.228 e. The third-order valence-electron chi connectivity index (χ3n) is 5.16.